The minimum absolute atomic E-state index is 0.0516. The first kappa shape index (κ1) is 16.5. The molecule has 0 spiro atoms. The Morgan fingerprint density at radius 2 is 1.67 bits per heavy atom. The van der Waals surface area contributed by atoms with Crippen LogP contribution in [0.1, 0.15) is 32.1 Å². The minimum atomic E-state index is -3.90. The summed E-state index contributed by atoms with van der Waals surface area (Å²) < 4.78 is 22.6. The van der Waals surface area contributed by atoms with E-state index >= 15 is 0 Å². The van der Waals surface area contributed by atoms with Crippen molar-refractivity contribution in [3.63, 3.8) is 0 Å². The molecule has 0 aliphatic heterocycles. The van der Waals surface area contributed by atoms with Gasteiger partial charge in [0.1, 0.15) is 0 Å². The van der Waals surface area contributed by atoms with E-state index in [9.17, 15) is 13.2 Å². The molecule has 0 heterocycles. The average Bonchev–Trinajstić information content (AvgIpc) is 2.42. The molecule has 116 valence electrons. The van der Waals surface area contributed by atoms with Gasteiger partial charge in [0, 0.05) is 5.92 Å². The predicted octanol–water partition coefficient (Wildman–Crippen LogP) is 3.16. The number of rotatable bonds is 3. The van der Waals surface area contributed by atoms with Crippen LogP contribution in [-0.4, -0.2) is 14.3 Å². The maximum Gasteiger partial charge on any atom is 0.238 e. The lowest BCUT2D eigenvalue weighted by molar-refractivity contribution is -0.120. The van der Waals surface area contributed by atoms with Crippen molar-refractivity contribution in [1.82, 2.24) is 0 Å². The van der Waals surface area contributed by atoms with Crippen LogP contribution in [0.15, 0.2) is 17.0 Å². The molecular formula is C13H16Cl2N2O3S. The first-order chi connectivity index (χ1) is 9.79. The Kier molecular flexibility index (Phi) is 5.14. The molecule has 5 nitrogen and oxygen atoms in total. The number of carbonyl (C=O) groups is 1. The van der Waals surface area contributed by atoms with Gasteiger partial charge in [0.05, 0.1) is 20.6 Å². The number of primary sulfonamides is 1. The summed E-state index contributed by atoms with van der Waals surface area (Å²) >= 11 is 12.0. The summed E-state index contributed by atoms with van der Waals surface area (Å²) in [5.74, 6) is -0.189. The summed E-state index contributed by atoms with van der Waals surface area (Å²) in [6.45, 7) is 0. The topological polar surface area (TPSA) is 89.3 Å². The van der Waals surface area contributed by atoms with Crippen LogP contribution in [0.3, 0.4) is 0 Å². The van der Waals surface area contributed by atoms with Gasteiger partial charge >= 0.3 is 0 Å². The first-order valence-electron chi connectivity index (χ1n) is 6.62. The summed E-state index contributed by atoms with van der Waals surface area (Å²) in [7, 11) is -3.90. The lowest BCUT2D eigenvalue weighted by Gasteiger charge is -2.21. The molecule has 1 aromatic carbocycles. The number of anilines is 1. The second-order valence-corrected chi connectivity index (χ2v) is 7.51. The maximum absolute atomic E-state index is 12.2. The molecule has 1 aromatic rings. The van der Waals surface area contributed by atoms with Gasteiger partial charge in [0.25, 0.3) is 0 Å². The van der Waals surface area contributed by atoms with Crippen LogP contribution in [0.2, 0.25) is 10.0 Å². The minimum Gasteiger partial charge on any atom is -0.323 e. The Labute approximate surface area is 133 Å². The SMILES string of the molecule is NS(=O)(=O)c1cc(Cl)c(NC(=O)C2CCCCC2)c(Cl)c1. The molecule has 0 unspecified atom stereocenters. The number of amides is 1. The van der Waals surface area contributed by atoms with Crippen molar-refractivity contribution in [1.29, 1.82) is 0 Å². The summed E-state index contributed by atoms with van der Waals surface area (Å²) in [5, 5.41) is 7.82. The van der Waals surface area contributed by atoms with E-state index in [2.05, 4.69) is 5.32 Å². The van der Waals surface area contributed by atoms with Crippen molar-refractivity contribution in [2.45, 2.75) is 37.0 Å². The molecule has 1 aliphatic carbocycles. The van der Waals surface area contributed by atoms with E-state index in [1.807, 2.05) is 0 Å². The second kappa shape index (κ2) is 6.52. The standard InChI is InChI=1S/C13H16Cl2N2O3S/c14-10-6-9(21(16,19)20)7-11(15)12(10)17-13(18)8-4-2-1-3-5-8/h6-8H,1-5H2,(H,17,18)(H2,16,19,20). The summed E-state index contributed by atoms with van der Waals surface area (Å²) in [4.78, 5) is 12.0. The molecule has 1 aliphatic rings. The summed E-state index contributed by atoms with van der Waals surface area (Å²) in [6, 6.07) is 2.36. The van der Waals surface area contributed by atoms with E-state index in [4.69, 9.17) is 28.3 Å². The van der Waals surface area contributed by atoms with Gasteiger partial charge in [-0.05, 0) is 25.0 Å². The van der Waals surface area contributed by atoms with Crippen molar-refractivity contribution >= 4 is 44.8 Å². The number of sulfonamides is 1. The third kappa shape index (κ3) is 4.10. The normalized spacial score (nSPS) is 16.7. The highest BCUT2D eigenvalue weighted by atomic mass is 35.5. The maximum atomic E-state index is 12.2. The van der Waals surface area contributed by atoms with Gasteiger partial charge in [-0.15, -0.1) is 0 Å². The zero-order valence-corrected chi connectivity index (χ0v) is 13.6. The highest BCUT2D eigenvalue weighted by Gasteiger charge is 2.23. The van der Waals surface area contributed by atoms with Crippen LogP contribution in [0.25, 0.3) is 0 Å². The van der Waals surface area contributed by atoms with Gasteiger partial charge < -0.3 is 5.32 Å². The number of nitrogens with one attached hydrogen (secondary N) is 1. The van der Waals surface area contributed by atoms with E-state index in [0.29, 0.717) is 0 Å². The molecule has 0 atom stereocenters. The lowest BCUT2D eigenvalue weighted by atomic mass is 9.88. The average molecular weight is 351 g/mol. The predicted molar refractivity (Wildman–Crippen MR) is 83.0 cm³/mol. The third-order valence-corrected chi connectivity index (χ3v) is 5.06. The van der Waals surface area contributed by atoms with Gasteiger partial charge in [-0.1, -0.05) is 42.5 Å². The van der Waals surface area contributed by atoms with Crippen LogP contribution in [-0.2, 0) is 14.8 Å². The molecule has 0 aromatic heterocycles. The zero-order chi connectivity index (χ0) is 15.6. The molecule has 0 radical (unpaired) electrons. The molecule has 3 N–H and O–H groups in total. The number of hydrogen-bond donors (Lipinski definition) is 2. The Balaban J connectivity index is 2.22. The second-order valence-electron chi connectivity index (χ2n) is 5.13. The van der Waals surface area contributed by atoms with Crippen LogP contribution >= 0.6 is 23.2 Å². The Bertz CT molecular complexity index is 632. The quantitative estimate of drug-likeness (QED) is 0.877. The summed E-state index contributed by atoms with van der Waals surface area (Å²) in [5.41, 5.74) is 0.223. The van der Waals surface area contributed by atoms with Crippen LogP contribution in [0.5, 0.6) is 0 Å². The fraction of sp³-hybridized carbons (Fsp3) is 0.462. The Hall–Kier alpha value is -0.820. The van der Waals surface area contributed by atoms with Crippen molar-refractivity contribution in [2.75, 3.05) is 5.32 Å². The van der Waals surface area contributed by atoms with Crippen LogP contribution in [0, 0.1) is 5.92 Å². The van der Waals surface area contributed by atoms with E-state index in [-0.39, 0.29) is 32.5 Å². The van der Waals surface area contributed by atoms with Crippen LogP contribution in [0.4, 0.5) is 5.69 Å². The van der Waals surface area contributed by atoms with Gasteiger partial charge in [-0.3, -0.25) is 4.79 Å². The third-order valence-electron chi connectivity index (χ3n) is 3.57. The lowest BCUT2D eigenvalue weighted by Crippen LogP contribution is -2.25. The Morgan fingerprint density at radius 1 is 1.14 bits per heavy atom. The fourth-order valence-electron chi connectivity index (χ4n) is 2.42. The monoisotopic (exact) mass is 350 g/mol. The molecule has 0 bridgehead atoms. The van der Waals surface area contributed by atoms with Gasteiger partial charge in [0.15, 0.2) is 0 Å². The van der Waals surface area contributed by atoms with Crippen molar-refractivity contribution in [2.24, 2.45) is 11.1 Å². The van der Waals surface area contributed by atoms with Gasteiger partial charge in [-0.2, -0.15) is 0 Å². The molecule has 1 fully saturated rings. The zero-order valence-electron chi connectivity index (χ0n) is 11.2. The summed E-state index contributed by atoms with van der Waals surface area (Å²) in [6.07, 6.45) is 4.90. The molecule has 2 rings (SSSR count). The van der Waals surface area contributed by atoms with Crippen molar-refractivity contribution in [3.05, 3.63) is 22.2 Å². The van der Waals surface area contributed by atoms with Crippen molar-refractivity contribution in [3.8, 4) is 0 Å². The number of carbonyl (C=O) groups excluding carboxylic acids is 1. The molecule has 1 saturated carbocycles. The number of benzene rings is 1. The van der Waals surface area contributed by atoms with Crippen molar-refractivity contribution < 1.29 is 13.2 Å². The van der Waals surface area contributed by atoms with E-state index in [1.165, 1.54) is 12.1 Å². The fourth-order valence-corrected chi connectivity index (χ4v) is 3.70. The molecule has 8 heteroatoms. The number of hydrogen-bond acceptors (Lipinski definition) is 3. The van der Waals surface area contributed by atoms with E-state index in [1.54, 1.807) is 0 Å². The molecule has 21 heavy (non-hydrogen) atoms. The number of halogens is 2. The number of nitrogens with two attached hydrogens (primary N) is 1. The molecular weight excluding hydrogens is 335 g/mol. The largest absolute Gasteiger partial charge is 0.323 e. The van der Waals surface area contributed by atoms with E-state index < -0.39 is 10.0 Å². The molecule has 1 amide bonds. The highest BCUT2D eigenvalue weighted by Crippen LogP contribution is 2.34. The highest BCUT2D eigenvalue weighted by molar-refractivity contribution is 7.89. The smallest absolute Gasteiger partial charge is 0.238 e. The van der Waals surface area contributed by atoms with Gasteiger partial charge in [-0.25, -0.2) is 13.6 Å². The van der Waals surface area contributed by atoms with Gasteiger partial charge in [0.2, 0.25) is 15.9 Å². The first-order valence-corrected chi connectivity index (χ1v) is 8.92. The van der Waals surface area contributed by atoms with E-state index in [0.717, 1.165) is 32.1 Å². The Morgan fingerprint density at radius 3 is 2.14 bits per heavy atom. The van der Waals surface area contributed by atoms with Crippen LogP contribution < -0.4 is 10.5 Å². The molecule has 0 saturated heterocycles.